The number of carbonyl (C=O) groups is 1. The Morgan fingerprint density at radius 1 is 1.15 bits per heavy atom. The van der Waals surface area contributed by atoms with Gasteiger partial charge in [0, 0.05) is 11.6 Å². The minimum absolute atomic E-state index is 0.0641. The monoisotopic (exact) mass is 464 g/mol. The van der Waals surface area contributed by atoms with E-state index in [4.69, 9.17) is 16.0 Å². The first kappa shape index (κ1) is 21.5. The molecule has 0 bridgehead atoms. The molecule has 1 amide bonds. The second-order valence-electron chi connectivity index (χ2n) is 8.31. The van der Waals surface area contributed by atoms with E-state index in [9.17, 15) is 4.79 Å². The van der Waals surface area contributed by atoms with Gasteiger partial charge >= 0.3 is 0 Å². The SMILES string of the molecule is O=C(NCCn1ncc2c(NCc3ccco3)ncnc21)C1(c2ccc(Cl)cc2)CCCC1. The molecule has 3 heterocycles. The highest BCUT2D eigenvalue weighted by Crippen LogP contribution is 2.41. The van der Waals surface area contributed by atoms with E-state index in [0.29, 0.717) is 30.5 Å². The summed E-state index contributed by atoms with van der Waals surface area (Å²) in [7, 11) is 0. The minimum atomic E-state index is -0.484. The van der Waals surface area contributed by atoms with E-state index in [-0.39, 0.29) is 5.91 Å². The summed E-state index contributed by atoms with van der Waals surface area (Å²) < 4.78 is 7.15. The Morgan fingerprint density at radius 3 is 2.73 bits per heavy atom. The van der Waals surface area contributed by atoms with E-state index in [1.165, 1.54) is 6.33 Å². The predicted octanol–water partition coefficient (Wildman–Crippen LogP) is 4.31. The van der Waals surface area contributed by atoms with Crippen LogP contribution < -0.4 is 10.6 Å². The summed E-state index contributed by atoms with van der Waals surface area (Å²) in [5.74, 6) is 1.58. The number of anilines is 1. The summed E-state index contributed by atoms with van der Waals surface area (Å²) in [6.45, 7) is 1.50. The maximum absolute atomic E-state index is 13.3. The van der Waals surface area contributed by atoms with Gasteiger partial charge in [0.25, 0.3) is 0 Å². The van der Waals surface area contributed by atoms with Gasteiger partial charge in [0.2, 0.25) is 5.91 Å². The molecule has 1 saturated carbocycles. The van der Waals surface area contributed by atoms with Crippen molar-refractivity contribution in [2.45, 2.75) is 44.2 Å². The second kappa shape index (κ2) is 9.23. The summed E-state index contributed by atoms with van der Waals surface area (Å²) in [5, 5.41) is 12.4. The molecule has 4 aromatic rings. The molecule has 170 valence electrons. The lowest BCUT2D eigenvalue weighted by molar-refractivity contribution is -0.126. The van der Waals surface area contributed by atoms with Crippen LogP contribution in [-0.4, -0.2) is 32.2 Å². The van der Waals surface area contributed by atoms with E-state index in [0.717, 1.165) is 48.0 Å². The number of hydrogen-bond donors (Lipinski definition) is 2. The molecule has 5 rings (SSSR count). The fourth-order valence-electron chi connectivity index (χ4n) is 4.62. The van der Waals surface area contributed by atoms with Crippen LogP contribution in [0.4, 0.5) is 5.82 Å². The zero-order chi connectivity index (χ0) is 22.7. The zero-order valence-corrected chi connectivity index (χ0v) is 18.9. The molecule has 8 nitrogen and oxygen atoms in total. The number of halogens is 1. The van der Waals surface area contributed by atoms with E-state index in [1.54, 1.807) is 17.1 Å². The fraction of sp³-hybridized carbons (Fsp3) is 0.333. The first-order chi connectivity index (χ1) is 16.2. The maximum Gasteiger partial charge on any atom is 0.230 e. The van der Waals surface area contributed by atoms with E-state index in [1.807, 2.05) is 36.4 Å². The van der Waals surface area contributed by atoms with Crippen LogP contribution in [0.2, 0.25) is 5.02 Å². The molecule has 0 saturated heterocycles. The topological polar surface area (TPSA) is 97.9 Å². The highest BCUT2D eigenvalue weighted by atomic mass is 35.5. The molecular formula is C24H25ClN6O2. The molecule has 2 N–H and O–H groups in total. The number of aromatic nitrogens is 4. The zero-order valence-electron chi connectivity index (χ0n) is 18.1. The Morgan fingerprint density at radius 2 is 1.97 bits per heavy atom. The standard InChI is InChI=1S/C24H25ClN6O2/c25-18-7-5-17(6-8-18)24(9-1-2-10-24)23(32)26-11-12-31-22-20(15-30-31)21(28-16-29-22)27-14-19-4-3-13-33-19/h3-8,13,15-16H,1-2,9-12,14H2,(H,26,32)(H,27,28,29). The summed E-state index contributed by atoms with van der Waals surface area (Å²) in [5.41, 5.74) is 1.27. The third kappa shape index (κ3) is 4.30. The summed E-state index contributed by atoms with van der Waals surface area (Å²) in [6, 6.07) is 11.4. The van der Waals surface area contributed by atoms with Crippen molar-refractivity contribution in [1.82, 2.24) is 25.1 Å². The summed E-state index contributed by atoms with van der Waals surface area (Å²) in [4.78, 5) is 22.0. The molecule has 0 radical (unpaired) electrons. The van der Waals surface area contributed by atoms with Crippen LogP contribution in [0.5, 0.6) is 0 Å². The highest BCUT2D eigenvalue weighted by molar-refractivity contribution is 6.30. The number of amides is 1. The van der Waals surface area contributed by atoms with Crippen molar-refractivity contribution >= 4 is 34.4 Å². The number of furan rings is 1. The van der Waals surface area contributed by atoms with Crippen molar-refractivity contribution in [3.63, 3.8) is 0 Å². The lowest BCUT2D eigenvalue weighted by atomic mass is 9.78. The van der Waals surface area contributed by atoms with Gasteiger partial charge in [-0.15, -0.1) is 0 Å². The number of fused-ring (bicyclic) bond motifs is 1. The Bertz CT molecular complexity index is 1230. The van der Waals surface area contributed by atoms with Gasteiger partial charge in [0.15, 0.2) is 5.65 Å². The van der Waals surface area contributed by atoms with E-state index >= 15 is 0 Å². The van der Waals surface area contributed by atoms with Gasteiger partial charge in [-0.2, -0.15) is 5.10 Å². The van der Waals surface area contributed by atoms with Crippen molar-refractivity contribution < 1.29 is 9.21 Å². The van der Waals surface area contributed by atoms with Gasteiger partial charge in [0.05, 0.1) is 36.4 Å². The molecule has 1 fully saturated rings. The Balaban J connectivity index is 1.25. The van der Waals surface area contributed by atoms with Crippen LogP contribution >= 0.6 is 11.6 Å². The van der Waals surface area contributed by atoms with Crippen molar-refractivity contribution in [2.75, 3.05) is 11.9 Å². The molecule has 1 aliphatic carbocycles. The number of carbonyl (C=O) groups excluding carboxylic acids is 1. The largest absolute Gasteiger partial charge is 0.467 e. The molecule has 1 aromatic carbocycles. The van der Waals surface area contributed by atoms with Crippen LogP contribution in [-0.2, 0) is 23.3 Å². The van der Waals surface area contributed by atoms with Crippen LogP contribution in [0.1, 0.15) is 37.0 Å². The molecule has 0 spiro atoms. The Hall–Kier alpha value is -3.39. The normalized spacial score (nSPS) is 15.1. The van der Waals surface area contributed by atoms with Crippen molar-refractivity contribution in [3.8, 4) is 0 Å². The second-order valence-corrected chi connectivity index (χ2v) is 8.75. The fourth-order valence-corrected chi connectivity index (χ4v) is 4.75. The highest BCUT2D eigenvalue weighted by Gasteiger charge is 2.42. The van der Waals surface area contributed by atoms with Crippen molar-refractivity contribution in [3.05, 3.63) is 71.5 Å². The molecule has 0 unspecified atom stereocenters. The molecule has 3 aromatic heterocycles. The average molecular weight is 465 g/mol. The Kier molecular flexibility index (Phi) is 6.00. The van der Waals surface area contributed by atoms with Gasteiger partial charge in [-0.3, -0.25) is 4.79 Å². The lowest BCUT2D eigenvalue weighted by Gasteiger charge is -2.28. The third-order valence-electron chi connectivity index (χ3n) is 6.34. The quantitative estimate of drug-likeness (QED) is 0.403. The lowest BCUT2D eigenvalue weighted by Crippen LogP contribution is -2.43. The number of nitrogens with one attached hydrogen (secondary N) is 2. The van der Waals surface area contributed by atoms with Crippen LogP contribution in [0, 0.1) is 0 Å². The maximum atomic E-state index is 13.3. The van der Waals surface area contributed by atoms with Crippen molar-refractivity contribution in [1.29, 1.82) is 0 Å². The summed E-state index contributed by atoms with van der Waals surface area (Å²) >= 11 is 6.06. The average Bonchev–Trinajstić information content (AvgIpc) is 3.60. The number of rotatable bonds is 8. The molecule has 0 atom stereocenters. The van der Waals surface area contributed by atoms with Gasteiger partial charge in [-0.05, 0) is 42.7 Å². The smallest absolute Gasteiger partial charge is 0.230 e. The predicted molar refractivity (Wildman–Crippen MR) is 126 cm³/mol. The van der Waals surface area contributed by atoms with Crippen molar-refractivity contribution in [2.24, 2.45) is 0 Å². The minimum Gasteiger partial charge on any atom is -0.467 e. The van der Waals surface area contributed by atoms with Crippen LogP contribution in [0.15, 0.2) is 59.6 Å². The summed E-state index contributed by atoms with van der Waals surface area (Å²) in [6.07, 6.45) is 8.69. The molecule has 0 aliphatic heterocycles. The molecule has 33 heavy (non-hydrogen) atoms. The van der Waals surface area contributed by atoms with Crippen LogP contribution in [0.3, 0.4) is 0 Å². The molecular weight excluding hydrogens is 440 g/mol. The van der Waals surface area contributed by atoms with E-state index < -0.39 is 5.41 Å². The molecule has 9 heteroatoms. The number of nitrogens with zero attached hydrogens (tertiary/aromatic N) is 4. The van der Waals surface area contributed by atoms with Gasteiger partial charge in [-0.25, -0.2) is 14.6 Å². The Labute approximate surface area is 196 Å². The first-order valence-corrected chi connectivity index (χ1v) is 11.5. The third-order valence-corrected chi connectivity index (χ3v) is 6.59. The number of hydrogen-bond acceptors (Lipinski definition) is 6. The molecule has 1 aliphatic rings. The number of benzene rings is 1. The first-order valence-electron chi connectivity index (χ1n) is 11.1. The van der Waals surface area contributed by atoms with Gasteiger partial charge in [-0.1, -0.05) is 36.6 Å². The van der Waals surface area contributed by atoms with E-state index in [2.05, 4.69) is 25.7 Å². The van der Waals surface area contributed by atoms with Gasteiger partial charge in [0.1, 0.15) is 17.9 Å². The van der Waals surface area contributed by atoms with Crippen LogP contribution in [0.25, 0.3) is 11.0 Å². The van der Waals surface area contributed by atoms with Gasteiger partial charge < -0.3 is 15.1 Å².